The van der Waals surface area contributed by atoms with Gasteiger partial charge >= 0.3 is 6.18 Å². The molecule has 0 bridgehead atoms. The number of aromatic nitrogens is 1. The number of ether oxygens (including phenoxy) is 1. The number of halogens is 5. The van der Waals surface area contributed by atoms with E-state index in [1.54, 1.807) is 0 Å². The topological polar surface area (TPSA) is 56.3 Å². The smallest absolute Gasteiger partial charge is 0.422 e. The Morgan fingerprint density at radius 2 is 1.86 bits per heavy atom. The van der Waals surface area contributed by atoms with Gasteiger partial charge in [-0.25, -0.2) is 13.4 Å². The molecule has 2 aromatic rings. The molecule has 0 fully saturated rings. The lowest BCUT2D eigenvalue weighted by Crippen LogP contribution is -2.19. The summed E-state index contributed by atoms with van der Waals surface area (Å²) in [5.41, 5.74) is -0.117. The van der Waals surface area contributed by atoms with Crippen LogP contribution in [0.4, 0.5) is 13.2 Å². The van der Waals surface area contributed by atoms with Gasteiger partial charge in [0.1, 0.15) is 16.4 Å². The Kier molecular flexibility index (Phi) is 4.23. The van der Waals surface area contributed by atoms with Crippen LogP contribution in [0.1, 0.15) is 0 Å². The lowest BCUT2D eigenvalue weighted by atomic mass is 10.2. The van der Waals surface area contributed by atoms with Crippen molar-refractivity contribution in [2.24, 2.45) is 0 Å². The normalized spacial score (nSPS) is 12.6. The Bertz CT molecular complexity index is 793. The van der Waals surface area contributed by atoms with E-state index in [0.717, 1.165) is 12.1 Å². The molecule has 0 saturated heterocycles. The van der Waals surface area contributed by atoms with Gasteiger partial charge in [-0.1, -0.05) is 11.6 Å². The number of alkyl halides is 3. The molecule has 0 saturated carbocycles. The zero-order valence-corrected chi connectivity index (χ0v) is 12.3. The zero-order valence-electron chi connectivity index (χ0n) is 9.99. The standard InChI is InChI=1S/C11H6Cl2F3NO3S/c12-9-4-1-6-8(21(13,18)19)3-2-7(10(6)17-9)20-5-11(14,15)16/h1-4H,5H2. The first-order valence-electron chi connectivity index (χ1n) is 5.31. The highest BCUT2D eigenvalue weighted by Crippen LogP contribution is 2.33. The maximum atomic E-state index is 12.2. The fourth-order valence-corrected chi connectivity index (χ4v) is 2.84. The van der Waals surface area contributed by atoms with Crippen molar-refractivity contribution in [3.05, 3.63) is 29.4 Å². The van der Waals surface area contributed by atoms with Gasteiger partial charge in [0.05, 0.1) is 4.90 Å². The summed E-state index contributed by atoms with van der Waals surface area (Å²) in [7, 11) is 1.18. The van der Waals surface area contributed by atoms with Crippen LogP contribution in [0, 0.1) is 0 Å². The van der Waals surface area contributed by atoms with Crippen LogP contribution in [0.3, 0.4) is 0 Å². The van der Waals surface area contributed by atoms with E-state index in [9.17, 15) is 21.6 Å². The molecule has 0 aliphatic rings. The Morgan fingerprint density at radius 3 is 2.43 bits per heavy atom. The molecule has 0 aliphatic carbocycles. The van der Waals surface area contributed by atoms with Crippen molar-refractivity contribution in [3.63, 3.8) is 0 Å². The number of benzene rings is 1. The molecule has 0 atom stereocenters. The number of rotatable bonds is 3. The van der Waals surface area contributed by atoms with Gasteiger partial charge in [0.25, 0.3) is 9.05 Å². The first-order chi connectivity index (χ1) is 9.58. The second-order valence-corrected chi connectivity index (χ2v) is 6.86. The minimum absolute atomic E-state index is 0.0223. The van der Waals surface area contributed by atoms with Crippen LogP contribution < -0.4 is 4.74 Å². The van der Waals surface area contributed by atoms with Gasteiger partial charge in [0.15, 0.2) is 6.61 Å². The molecule has 21 heavy (non-hydrogen) atoms. The third-order valence-electron chi connectivity index (χ3n) is 2.40. The minimum atomic E-state index is -4.54. The summed E-state index contributed by atoms with van der Waals surface area (Å²) in [6.07, 6.45) is -4.54. The third kappa shape index (κ3) is 3.90. The number of hydrogen-bond acceptors (Lipinski definition) is 4. The van der Waals surface area contributed by atoms with E-state index < -0.39 is 21.8 Å². The summed E-state index contributed by atoms with van der Waals surface area (Å²) in [6, 6.07) is 4.68. The summed E-state index contributed by atoms with van der Waals surface area (Å²) < 4.78 is 64.1. The second kappa shape index (κ2) is 5.51. The van der Waals surface area contributed by atoms with Crippen molar-refractivity contribution < 1.29 is 26.3 Å². The quantitative estimate of drug-likeness (QED) is 0.618. The fourth-order valence-electron chi connectivity index (χ4n) is 1.63. The summed E-state index contributed by atoms with van der Waals surface area (Å²) in [6.45, 7) is -1.54. The van der Waals surface area contributed by atoms with Crippen molar-refractivity contribution in [2.75, 3.05) is 6.61 Å². The predicted molar refractivity (Wildman–Crippen MR) is 71.3 cm³/mol. The summed E-state index contributed by atoms with van der Waals surface area (Å²) in [4.78, 5) is 3.51. The molecule has 1 aromatic heterocycles. The molecule has 0 N–H and O–H groups in total. The summed E-state index contributed by atoms with van der Waals surface area (Å²) >= 11 is 5.68. The van der Waals surface area contributed by atoms with Crippen molar-refractivity contribution in [1.82, 2.24) is 4.98 Å². The number of fused-ring (bicyclic) bond motifs is 1. The molecule has 0 spiro atoms. The predicted octanol–water partition coefficient (Wildman–Crippen LogP) is 3.76. The summed E-state index contributed by atoms with van der Waals surface area (Å²) in [5.74, 6) is -0.242. The Hall–Kier alpha value is -1.25. The SMILES string of the molecule is O=S(=O)(Cl)c1ccc(OCC(F)(F)F)c2nc(Cl)ccc12. The maximum absolute atomic E-state index is 12.2. The average molecular weight is 360 g/mol. The third-order valence-corrected chi connectivity index (χ3v) is 3.99. The van der Waals surface area contributed by atoms with E-state index in [2.05, 4.69) is 9.72 Å². The van der Waals surface area contributed by atoms with Crippen LogP contribution in [0.5, 0.6) is 5.75 Å². The molecule has 0 aliphatic heterocycles. The van der Waals surface area contributed by atoms with Crippen LogP contribution in [-0.4, -0.2) is 26.2 Å². The second-order valence-electron chi connectivity index (χ2n) is 3.93. The monoisotopic (exact) mass is 359 g/mol. The van der Waals surface area contributed by atoms with Crippen molar-refractivity contribution >= 4 is 42.2 Å². The van der Waals surface area contributed by atoms with E-state index in [1.807, 2.05) is 0 Å². The molecular weight excluding hydrogens is 354 g/mol. The van der Waals surface area contributed by atoms with Crippen LogP contribution in [0.25, 0.3) is 10.9 Å². The van der Waals surface area contributed by atoms with Gasteiger partial charge in [-0.3, -0.25) is 0 Å². The zero-order chi connectivity index (χ0) is 15.8. The Balaban J connectivity index is 2.61. The van der Waals surface area contributed by atoms with Crippen LogP contribution in [0.15, 0.2) is 29.2 Å². The van der Waals surface area contributed by atoms with Gasteiger partial charge < -0.3 is 4.74 Å². The highest BCUT2D eigenvalue weighted by atomic mass is 35.7. The van der Waals surface area contributed by atoms with E-state index in [4.69, 9.17) is 22.3 Å². The van der Waals surface area contributed by atoms with E-state index >= 15 is 0 Å². The van der Waals surface area contributed by atoms with Crippen molar-refractivity contribution in [2.45, 2.75) is 11.1 Å². The molecule has 10 heteroatoms. The molecule has 2 rings (SSSR count). The lowest BCUT2D eigenvalue weighted by molar-refractivity contribution is -0.153. The highest BCUT2D eigenvalue weighted by molar-refractivity contribution is 8.14. The maximum Gasteiger partial charge on any atom is 0.422 e. The van der Waals surface area contributed by atoms with Crippen LogP contribution >= 0.6 is 22.3 Å². The molecule has 0 radical (unpaired) electrons. The van der Waals surface area contributed by atoms with Crippen LogP contribution in [-0.2, 0) is 9.05 Å². The van der Waals surface area contributed by atoms with Gasteiger partial charge in [-0.05, 0) is 24.3 Å². The fraction of sp³-hybridized carbons (Fsp3) is 0.182. The van der Waals surface area contributed by atoms with Crippen LogP contribution in [0.2, 0.25) is 5.15 Å². The molecule has 4 nitrogen and oxygen atoms in total. The highest BCUT2D eigenvalue weighted by Gasteiger charge is 2.29. The first-order valence-corrected chi connectivity index (χ1v) is 8.00. The van der Waals surface area contributed by atoms with Crippen molar-refractivity contribution in [3.8, 4) is 5.75 Å². The number of pyridine rings is 1. The molecular formula is C11H6Cl2F3NO3S. The number of nitrogens with zero attached hydrogens (tertiary/aromatic N) is 1. The van der Waals surface area contributed by atoms with Gasteiger partial charge in [0, 0.05) is 16.1 Å². The van der Waals surface area contributed by atoms with E-state index in [1.165, 1.54) is 12.1 Å². The average Bonchev–Trinajstić information content (AvgIpc) is 2.33. The molecule has 1 heterocycles. The Morgan fingerprint density at radius 1 is 1.19 bits per heavy atom. The minimum Gasteiger partial charge on any atom is -0.482 e. The largest absolute Gasteiger partial charge is 0.482 e. The van der Waals surface area contributed by atoms with Gasteiger partial charge in [-0.15, -0.1) is 0 Å². The van der Waals surface area contributed by atoms with Gasteiger partial charge in [-0.2, -0.15) is 13.2 Å². The molecule has 0 amide bonds. The lowest BCUT2D eigenvalue weighted by Gasteiger charge is -2.12. The molecule has 114 valence electrons. The molecule has 1 aromatic carbocycles. The van der Waals surface area contributed by atoms with E-state index in [-0.39, 0.29) is 26.7 Å². The first kappa shape index (κ1) is 16.1. The summed E-state index contributed by atoms with van der Waals surface area (Å²) in [5, 5.41) is -0.00227. The van der Waals surface area contributed by atoms with Crippen molar-refractivity contribution in [1.29, 1.82) is 0 Å². The Labute approximate surface area is 126 Å². The van der Waals surface area contributed by atoms with Gasteiger partial charge in [0.2, 0.25) is 0 Å². The van der Waals surface area contributed by atoms with E-state index in [0.29, 0.717) is 0 Å². The number of hydrogen-bond donors (Lipinski definition) is 0. The molecule has 0 unspecified atom stereocenters.